The molecule has 2 unspecified atom stereocenters. The summed E-state index contributed by atoms with van der Waals surface area (Å²) in [7, 11) is 1.56. The van der Waals surface area contributed by atoms with Crippen LogP contribution in [0.1, 0.15) is 6.92 Å². The number of aromatic nitrogens is 4. The summed E-state index contributed by atoms with van der Waals surface area (Å²) in [5, 5.41) is 25.0. The van der Waals surface area contributed by atoms with Gasteiger partial charge in [-0.3, -0.25) is 10.1 Å². The topological polar surface area (TPSA) is 131 Å². The van der Waals surface area contributed by atoms with Crippen LogP contribution in [0.15, 0.2) is 0 Å². The number of anilines is 1. The average Bonchev–Trinajstić information content (AvgIpc) is 2.87. The van der Waals surface area contributed by atoms with Crippen LogP contribution in [-0.2, 0) is 16.6 Å². The minimum Gasteiger partial charge on any atom is -0.481 e. The van der Waals surface area contributed by atoms with E-state index in [4.69, 9.17) is 9.84 Å². The number of carboxylic acids is 1. The number of aliphatic carboxylic acids is 1. The maximum atomic E-state index is 11.7. The highest BCUT2D eigenvalue weighted by molar-refractivity contribution is 5.88. The quantitative estimate of drug-likeness (QED) is 0.630. The van der Waals surface area contributed by atoms with Crippen molar-refractivity contribution in [1.82, 2.24) is 25.5 Å². The minimum absolute atomic E-state index is 0.0379. The Kier molecular flexibility index (Phi) is 3.34. The maximum Gasteiger partial charge on any atom is 0.322 e. The third-order valence-corrected chi connectivity index (χ3v) is 2.98. The Morgan fingerprint density at radius 1 is 1.58 bits per heavy atom. The van der Waals surface area contributed by atoms with Crippen molar-refractivity contribution >= 4 is 17.9 Å². The molecule has 1 aromatic heterocycles. The first-order valence-corrected chi connectivity index (χ1v) is 5.54. The van der Waals surface area contributed by atoms with Gasteiger partial charge in [-0.2, -0.15) is 4.80 Å². The van der Waals surface area contributed by atoms with Gasteiger partial charge >= 0.3 is 12.0 Å². The van der Waals surface area contributed by atoms with Crippen molar-refractivity contribution in [1.29, 1.82) is 0 Å². The van der Waals surface area contributed by atoms with E-state index in [1.165, 1.54) is 11.7 Å². The maximum absolute atomic E-state index is 11.7. The van der Waals surface area contributed by atoms with Gasteiger partial charge in [-0.1, -0.05) is 5.10 Å². The summed E-state index contributed by atoms with van der Waals surface area (Å²) in [5.74, 6) is -0.983. The molecule has 1 aliphatic rings. The lowest BCUT2D eigenvalue weighted by atomic mass is 9.85. The van der Waals surface area contributed by atoms with E-state index in [2.05, 4.69) is 26.0 Å². The highest BCUT2D eigenvalue weighted by Gasteiger charge is 2.47. The Balaban J connectivity index is 1.97. The molecule has 10 nitrogen and oxygen atoms in total. The Morgan fingerprint density at radius 2 is 2.32 bits per heavy atom. The number of hydrogen-bond donors (Lipinski definition) is 3. The summed E-state index contributed by atoms with van der Waals surface area (Å²) in [6.45, 7) is 1.72. The van der Waals surface area contributed by atoms with E-state index in [1.807, 2.05) is 0 Å². The molecule has 1 aromatic rings. The van der Waals surface area contributed by atoms with Crippen LogP contribution >= 0.6 is 0 Å². The summed E-state index contributed by atoms with van der Waals surface area (Å²) in [5.41, 5.74) is -1.15. The number of rotatable bonds is 3. The van der Waals surface area contributed by atoms with Crippen LogP contribution in [0.3, 0.4) is 0 Å². The van der Waals surface area contributed by atoms with E-state index in [-0.39, 0.29) is 19.2 Å². The van der Waals surface area contributed by atoms with Crippen molar-refractivity contribution in [2.45, 2.75) is 13.0 Å². The summed E-state index contributed by atoms with van der Waals surface area (Å²) in [4.78, 5) is 24.1. The van der Waals surface area contributed by atoms with E-state index >= 15 is 0 Å². The van der Waals surface area contributed by atoms with Gasteiger partial charge in [0, 0.05) is 0 Å². The smallest absolute Gasteiger partial charge is 0.322 e. The van der Waals surface area contributed by atoms with Crippen LogP contribution < -0.4 is 10.6 Å². The Morgan fingerprint density at radius 3 is 2.89 bits per heavy atom. The summed E-state index contributed by atoms with van der Waals surface area (Å²) in [6.07, 6.45) is 0. The molecule has 10 heteroatoms. The Hall–Kier alpha value is -2.23. The molecular formula is C9H14N6O4. The number of amides is 2. The second-order valence-corrected chi connectivity index (χ2v) is 4.49. The lowest BCUT2D eigenvalue weighted by Crippen LogP contribution is -2.50. The van der Waals surface area contributed by atoms with Gasteiger partial charge in [0.15, 0.2) is 0 Å². The predicted molar refractivity (Wildman–Crippen MR) is 61.3 cm³/mol. The standard InChI is InChI=1S/C9H14N6O4/c1-9(6(16)17)4-19-3-5(9)10-8(18)11-7-12-14-15(2)13-7/h5H,3-4H2,1-2H3,(H,16,17)(H2,10,11,13,18). The van der Waals surface area contributed by atoms with Crippen molar-refractivity contribution in [3.63, 3.8) is 0 Å². The van der Waals surface area contributed by atoms with Crippen molar-refractivity contribution in [3.05, 3.63) is 0 Å². The molecule has 0 bridgehead atoms. The third-order valence-electron chi connectivity index (χ3n) is 2.98. The highest BCUT2D eigenvalue weighted by atomic mass is 16.5. The molecule has 0 radical (unpaired) electrons. The molecule has 0 aromatic carbocycles. The largest absolute Gasteiger partial charge is 0.481 e. The number of carbonyl (C=O) groups excluding carboxylic acids is 1. The monoisotopic (exact) mass is 270 g/mol. The Labute approximate surface area is 108 Å². The van der Waals surface area contributed by atoms with Gasteiger partial charge in [-0.15, -0.1) is 5.10 Å². The molecule has 2 rings (SSSR count). The number of tetrazole rings is 1. The van der Waals surface area contributed by atoms with Gasteiger partial charge in [-0.25, -0.2) is 4.79 Å². The Bertz CT molecular complexity index is 503. The first-order chi connectivity index (χ1) is 8.91. The molecule has 1 fully saturated rings. The molecule has 104 valence electrons. The fourth-order valence-corrected chi connectivity index (χ4v) is 1.72. The van der Waals surface area contributed by atoms with Crippen LogP contribution in [0.2, 0.25) is 0 Å². The molecular weight excluding hydrogens is 256 g/mol. The predicted octanol–water partition coefficient (Wildman–Crippen LogP) is -1.18. The van der Waals surface area contributed by atoms with Gasteiger partial charge in [-0.05, 0) is 12.1 Å². The van der Waals surface area contributed by atoms with Gasteiger partial charge < -0.3 is 15.2 Å². The molecule has 2 heterocycles. The molecule has 19 heavy (non-hydrogen) atoms. The summed E-state index contributed by atoms with van der Waals surface area (Å²) in [6, 6.07) is -1.22. The molecule has 0 aliphatic carbocycles. The minimum atomic E-state index is -1.15. The van der Waals surface area contributed by atoms with Crippen molar-refractivity contribution in [2.75, 3.05) is 18.5 Å². The van der Waals surface area contributed by atoms with E-state index in [0.717, 1.165) is 0 Å². The van der Waals surface area contributed by atoms with Crippen molar-refractivity contribution < 1.29 is 19.4 Å². The second kappa shape index (κ2) is 4.80. The SMILES string of the molecule is Cn1nnc(NC(=O)NC2COCC2(C)C(=O)O)n1. The van der Waals surface area contributed by atoms with Gasteiger partial charge in [0.1, 0.15) is 5.41 Å². The average molecular weight is 270 g/mol. The molecule has 2 amide bonds. The van der Waals surface area contributed by atoms with Crippen LogP contribution in [0.5, 0.6) is 0 Å². The molecule has 0 spiro atoms. The first-order valence-electron chi connectivity index (χ1n) is 5.54. The molecule has 1 aliphatic heterocycles. The first kappa shape index (κ1) is 13.2. The van der Waals surface area contributed by atoms with E-state index in [1.54, 1.807) is 7.05 Å². The molecule has 0 saturated carbocycles. The van der Waals surface area contributed by atoms with Crippen molar-refractivity contribution in [2.24, 2.45) is 12.5 Å². The zero-order valence-corrected chi connectivity index (χ0v) is 10.5. The second-order valence-electron chi connectivity index (χ2n) is 4.49. The highest BCUT2D eigenvalue weighted by Crippen LogP contribution is 2.28. The van der Waals surface area contributed by atoms with E-state index < -0.39 is 23.5 Å². The van der Waals surface area contributed by atoms with Crippen LogP contribution in [-0.4, -0.2) is 56.6 Å². The van der Waals surface area contributed by atoms with E-state index in [9.17, 15) is 9.59 Å². The van der Waals surface area contributed by atoms with Crippen LogP contribution in [0, 0.1) is 5.41 Å². The number of hydrogen-bond acceptors (Lipinski definition) is 6. The number of ether oxygens (including phenoxy) is 1. The van der Waals surface area contributed by atoms with Crippen LogP contribution in [0.4, 0.5) is 10.7 Å². The number of nitrogens with one attached hydrogen (secondary N) is 2. The normalized spacial score (nSPS) is 26.1. The lowest BCUT2D eigenvalue weighted by Gasteiger charge is -2.25. The number of carboxylic acid groups (broad SMARTS) is 1. The number of carbonyl (C=O) groups is 2. The molecule has 2 atom stereocenters. The van der Waals surface area contributed by atoms with Crippen molar-refractivity contribution in [3.8, 4) is 0 Å². The lowest BCUT2D eigenvalue weighted by molar-refractivity contribution is -0.148. The van der Waals surface area contributed by atoms with Gasteiger partial charge in [0.2, 0.25) is 0 Å². The van der Waals surface area contributed by atoms with Crippen LogP contribution in [0.25, 0.3) is 0 Å². The molecule has 3 N–H and O–H groups in total. The van der Waals surface area contributed by atoms with E-state index in [0.29, 0.717) is 0 Å². The number of aryl methyl sites for hydroxylation is 1. The molecule has 1 saturated heterocycles. The zero-order valence-electron chi connectivity index (χ0n) is 10.5. The number of nitrogens with zero attached hydrogens (tertiary/aromatic N) is 4. The summed E-state index contributed by atoms with van der Waals surface area (Å²) >= 11 is 0. The van der Waals surface area contributed by atoms with Gasteiger partial charge in [0.25, 0.3) is 5.95 Å². The fourth-order valence-electron chi connectivity index (χ4n) is 1.72. The van der Waals surface area contributed by atoms with Gasteiger partial charge in [0.05, 0.1) is 26.3 Å². The number of urea groups is 1. The third kappa shape index (κ3) is 2.62. The zero-order chi connectivity index (χ0) is 14.0. The fraction of sp³-hybridized carbons (Fsp3) is 0.667. The summed E-state index contributed by atoms with van der Waals surface area (Å²) < 4.78 is 5.12.